The second kappa shape index (κ2) is 6.34. The highest BCUT2D eigenvalue weighted by Crippen LogP contribution is 2.54. The smallest absolute Gasteiger partial charge is 0.435 e. The Morgan fingerprint density at radius 1 is 1.08 bits per heavy atom. The van der Waals surface area contributed by atoms with Crippen molar-refractivity contribution in [3.63, 3.8) is 0 Å². The normalized spacial score (nSPS) is 14.5. The van der Waals surface area contributed by atoms with Gasteiger partial charge in [-0.1, -0.05) is 13.0 Å². The first-order valence-corrected chi connectivity index (χ1v) is 7.81. The van der Waals surface area contributed by atoms with Crippen molar-refractivity contribution in [2.24, 2.45) is 0 Å². The number of carboxylic acids is 1. The Kier molecular flexibility index (Phi) is 5.39. The minimum atomic E-state index is -6.38. The summed E-state index contributed by atoms with van der Waals surface area (Å²) in [5.41, 5.74) is -8.87. The number of hydrogen-bond acceptors (Lipinski definition) is 2. The zero-order valence-corrected chi connectivity index (χ0v) is 13.0. The van der Waals surface area contributed by atoms with E-state index in [1.165, 1.54) is 6.92 Å². The van der Waals surface area contributed by atoms with Crippen LogP contribution in [-0.2, 0) is 22.9 Å². The van der Waals surface area contributed by atoms with Crippen LogP contribution in [0.5, 0.6) is 0 Å². The molecule has 0 aliphatic carbocycles. The summed E-state index contributed by atoms with van der Waals surface area (Å²) in [6.07, 6.45) is -12.4. The quantitative estimate of drug-likeness (QED) is 0.805. The zero-order valence-electron chi connectivity index (χ0n) is 12.2. The van der Waals surface area contributed by atoms with E-state index in [2.05, 4.69) is 0 Å². The summed E-state index contributed by atoms with van der Waals surface area (Å²) in [7, 11) is -2.50. The summed E-state index contributed by atoms with van der Waals surface area (Å²) >= 11 is 0. The molecule has 24 heavy (non-hydrogen) atoms. The van der Waals surface area contributed by atoms with Gasteiger partial charge in [0, 0.05) is 16.7 Å². The maximum Gasteiger partial charge on any atom is 0.435 e. The van der Waals surface area contributed by atoms with Gasteiger partial charge in [-0.3, -0.25) is 4.21 Å². The van der Waals surface area contributed by atoms with E-state index in [0.717, 1.165) is 6.26 Å². The molecule has 1 atom stereocenters. The number of rotatable bonds is 4. The van der Waals surface area contributed by atoms with Gasteiger partial charge in [-0.15, -0.1) is 0 Å². The average molecular weight is 380 g/mol. The van der Waals surface area contributed by atoms with Gasteiger partial charge >= 0.3 is 24.0 Å². The SMILES string of the molecule is CCc1c(C(=O)O)ccc(C(F)(C(F)(F)F)C(F)(F)F)c1[S@](C)=O. The fourth-order valence-electron chi connectivity index (χ4n) is 2.24. The minimum absolute atomic E-state index is 0.0698. The average Bonchev–Trinajstić information content (AvgIpc) is 2.41. The number of aromatic carboxylic acids is 1. The lowest BCUT2D eigenvalue weighted by molar-refractivity contribution is -0.349. The summed E-state index contributed by atoms with van der Waals surface area (Å²) in [4.78, 5) is 9.96. The topological polar surface area (TPSA) is 54.4 Å². The molecule has 0 bridgehead atoms. The maximum absolute atomic E-state index is 14.3. The predicted molar refractivity (Wildman–Crippen MR) is 70.0 cm³/mol. The molecule has 0 aromatic heterocycles. The van der Waals surface area contributed by atoms with Crippen molar-refractivity contribution in [1.29, 1.82) is 0 Å². The molecule has 0 fully saturated rings. The molecule has 0 aliphatic heterocycles. The summed E-state index contributed by atoms with van der Waals surface area (Å²) in [5, 5.41) is 8.98. The molecule has 11 heteroatoms. The van der Waals surface area contributed by atoms with E-state index < -0.39 is 56.4 Å². The molecule has 1 N–H and O–H groups in total. The Morgan fingerprint density at radius 3 is 1.83 bits per heavy atom. The third-order valence-electron chi connectivity index (χ3n) is 3.28. The van der Waals surface area contributed by atoms with Crippen molar-refractivity contribution in [3.05, 3.63) is 28.8 Å². The van der Waals surface area contributed by atoms with E-state index in [9.17, 15) is 39.7 Å². The van der Waals surface area contributed by atoms with Gasteiger partial charge in [0.25, 0.3) is 0 Å². The van der Waals surface area contributed by atoms with E-state index >= 15 is 0 Å². The van der Waals surface area contributed by atoms with Crippen LogP contribution in [0.2, 0.25) is 0 Å². The molecular formula is C13H11F7O3S. The van der Waals surface area contributed by atoms with Crippen LogP contribution in [0.1, 0.15) is 28.4 Å². The summed E-state index contributed by atoms with van der Waals surface area (Å²) in [6.45, 7) is 1.24. The lowest BCUT2D eigenvalue weighted by Crippen LogP contribution is -2.51. The molecule has 0 unspecified atom stereocenters. The number of alkyl halides is 7. The maximum atomic E-state index is 14.3. The first-order chi connectivity index (χ1) is 10.7. The Labute approximate surface area is 133 Å². The molecule has 1 rings (SSSR count). The fraction of sp³-hybridized carbons (Fsp3) is 0.462. The Bertz CT molecular complexity index is 665. The highest BCUT2D eigenvalue weighted by molar-refractivity contribution is 7.84. The van der Waals surface area contributed by atoms with Crippen molar-refractivity contribution < 1.29 is 44.8 Å². The largest absolute Gasteiger partial charge is 0.478 e. The lowest BCUT2D eigenvalue weighted by atomic mass is 9.90. The Morgan fingerprint density at radius 2 is 1.54 bits per heavy atom. The molecule has 3 nitrogen and oxygen atoms in total. The summed E-state index contributed by atoms with van der Waals surface area (Å²) < 4.78 is 103. The van der Waals surface area contributed by atoms with Crippen LogP contribution in [-0.4, -0.2) is 33.9 Å². The molecule has 136 valence electrons. The minimum Gasteiger partial charge on any atom is -0.478 e. The molecule has 0 aliphatic rings. The molecule has 0 saturated heterocycles. The van der Waals surface area contributed by atoms with Crippen LogP contribution < -0.4 is 0 Å². The molecule has 0 amide bonds. The Balaban J connectivity index is 4.01. The van der Waals surface area contributed by atoms with Crippen molar-refractivity contribution in [2.45, 2.75) is 36.3 Å². The van der Waals surface area contributed by atoms with Crippen molar-refractivity contribution in [1.82, 2.24) is 0 Å². The van der Waals surface area contributed by atoms with Gasteiger partial charge in [-0.2, -0.15) is 26.3 Å². The highest BCUT2D eigenvalue weighted by Gasteiger charge is 2.74. The Hall–Kier alpha value is -1.65. The predicted octanol–water partition coefficient (Wildman–Crippen LogP) is 3.97. The standard InChI is InChI=1S/C13H11F7O3S/c1-3-6-7(10(21)22)4-5-8(9(6)24(2)23)11(14,12(15,16)17)13(18,19)20/h4-5H,3H2,1-2H3,(H,21,22)/t24-/m0/s1. The van der Waals surface area contributed by atoms with Gasteiger partial charge in [0.1, 0.15) is 0 Å². The van der Waals surface area contributed by atoms with Gasteiger partial charge in [0.05, 0.1) is 16.4 Å². The summed E-state index contributed by atoms with van der Waals surface area (Å²) in [5.74, 6) is -1.64. The third-order valence-corrected chi connectivity index (χ3v) is 4.33. The molecule has 0 heterocycles. The van der Waals surface area contributed by atoms with E-state index in [4.69, 9.17) is 5.11 Å². The zero-order chi connectivity index (χ0) is 19.1. The second-order valence-corrected chi connectivity index (χ2v) is 6.05. The van der Waals surface area contributed by atoms with Crippen LogP contribution in [0.3, 0.4) is 0 Å². The molecule has 0 radical (unpaired) electrons. The van der Waals surface area contributed by atoms with Crippen molar-refractivity contribution in [3.8, 4) is 0 Å². The number of carboxylic acid groups (broad SMARTS) is 1. The number of hydrogen-bond donors (Lipinski definition) is 1. The van der Waals surface area contributed by atoms with Gasteiger partial charge < -0.3 is 5.11 Å². The van der Waals surface area contributed by atoms with Crippen LogP contribution in [0.15, 0.2) is 17.0 Å². The van der Waals surface area contributed by atoms with E-state index in [0.29, 0.717) is 6.07 Å². The van der Waals surface area contributed by atoms with Crippen LogP contribution in [0.4, 0.5) is 30.7 Å². The lowest BCUT2D eigenvalue weighted by Gasteiger charge is -2.32. The van der Waals surface area contributed by atoms with Crippen LogP contribution in [0, 0.1) is 0 Å². The van der Waals surface area contributed by atoms with Gasteiger partial charge in [-0.05, 0) is 18.1 Å². The number of carbonyl (C=O) groups is 1. The third kappa shape index (κ3) is 3.13. The fourth-order valence-corrected chi connectivity index (χ4v) is 3.36. The van der Waals surface area contributed by atoms with Crippen molar-refractivity contribution in [2.75, 3.05) is 6.26 Å². The number of halogens is 7. The monoisotopic (exact) mass is 380 g/mol. The molecule has 1 aromatic carbocycles. The molecular weight excluding hydrogens is 369 g/mol. The van der Waals surface area contributed by atoms with Crippen LogP contribution >= 0.6 is 0 Å². The first-order valence-electron chi connectivity index (χ1n) is 6.25. The number of benzene rings is 1. The second-order valence-electron chi connectivity index (χ2n) is 4.74. The van der Waals surface area contributed by atoms with Crippen molar-refractivity contribution >= 4 is 16.8 Å². The first kappa shape index (κ1) is 20.4. The van der Waals surface area contributed by atoms with E-state index in [-0.39, 0.29) is 12.5 Å². The van der Waals surface area contributed by atoms with E-state index in [1.807, 2.05) is 0 Å². The molecule has 1 aromatic rings. The highest BCUT2D eigenvalue weighted by atomic mass is 32.2. The molecule has 0 spiro atoms. The van der Waals surface area contributed by atoms with Crippen LogP contribution in [0.25, 0.3) is 0 Å². The van der Waals surface area contributed by atoms with Gasteiger partial charge in [0.2, 0.25) is 0 Å². The summed E-state index contributed by atoms with van der Waals surface area (Å²) in [6, 6.07) is 0.513. The van der Waals surface area contributed by atoms with Gasteiger partial charge in [0.15, 0.2) is 0 Å². The van der Waals surface area contributed by atoms with Gasteiger partial charge in [-0.25, -0.2) is 9.18 Å². The van der Waals surface area contributed by atoms with E-state index in [1.54, 1.807) is 0 Å². The molecule has 0 saturated carbocycles.